The molecule has 1 aliphatic rings. The first-order chi connectivity index (χ1) is 8.99. The van der Waals surface area contributed by atoms with Gasteiger partial charge >= 0.3 is 0 Å². The molecule has 1 fully saturated rings. The predicted octanol–water partition coefficient (Wildman–Crippen LogP) is 2.61. The lowest BCUT2D eigenvalue weighted by molar-refractivity contribution is -0.384. The molecule has 0 heterocycles. The SMILES string of the molecule is CN(CC1CCC1)C(=O)c1cc([N+](=O)[O-])ccc1F. The molecule has 0 saturated heterocycles. The summed E-state index contributed by atoms with van der Waals surface area (Å²) >= 11 is 0. The van der Waals surface area contributed by atoms with Gasteiger partial charge in [-0.3, -0.25) is 14.9 Å². The molecule has 0 aromatic heterocycles. The molecule has 0 atom stereocenters. The fourth-order valence-electron chi connectivity index (χ4n) is 2.14. The molecule has 19 heavy (non-hydrogen) atoms. The van der Waals surface area contributed by atoms with E-state index in [2.05, 4.69) is 0 Å². The van der Waals surface area contributed by atoms with Crippen molar-refractivity contribution in [2.45, 2.75) is 19.3 Å². The number of benzene rings is 1. The van der Waals surface area contributed by atoms with Gasteiger partial charge in [-0.25, -0.2) is 4.39 Å². The highest BCUT2D eigenvalue weighted by molar-refractivity contribution is 5.95. The highest BCUT2D eigenvalue weighted by atomic mass is 19.1. The Bertz CT molecular complexity index is 515. The maximum Gasteiger partial charge on any atom is 0.270 e. The Balaban J connectivity index is 2.16. The van der Waals surface area contributed by atoms with Gasteiger partial charge in [0.2, 0.25) is 0 Å². The van der Waals surface area contributed by atoms with E-state index in [4.69, 9.17) is 0 Å². The summed E-state index contributed by atoms with van der Waals surface area (Å²) in [6.07, 6.45) is 3.32. The molecule has 0 unspecified atom stereocenters. The molecular weight excluding hydrogens is 251 g/mol. The largest absolute Gasteiger partial charge is 0.341 e. The van der Waals surface area contributed by atoms with Crippen LogP contribution in [0.2, 0.25) is 0 Å². The minimum atomic E-state index is -0.726. The summed E-state index contributed by atoms with van der Waals surface area (Å²) in [6, 6.07) is 3.01. The second-order valence-electron chi connectivity index (χ2n) is 4.90. The smallest absolute Gasteiger partial charge is 0.270 e. The van der Waals surface area contributed by atoms with Gasteiger partial charge in [0.25, 0.3) is 11.6 Å². The van der Waals surface area contributed by atoms with Crippen molar-refractivity contribution in [1.29, 1.82) is 0 Å². The van der Waals surface area contributed by atoms with Crippen molar-refractivity contribution in [3.8, 4) is 0 Å². The van der Waals surface area contributed by atoms with Crippen LogP contribution in [0.25, 0.3) is 0 Å². The summed E-state index contributed by atoms with van der Waals surface area (Å²) < 4.78 is 13.6. The van der Waals surface area contributed by atoms with Crippen molar-refractivity contribution in [2.24, 2.45) is 5.92 Å². The van der Waals surface area contributed by atoms with E-state index >= 15 is 0 Å². The number of amides is 1. The van der Waals surface area contributed by atoms with Crippen LogP contribution in [-0.2, 0) is 0 Å². The molecule has 1 aromatic rings. The van der Waals surface area contributed by atoms with E-state index in [1.54, 1.807) is 7.05 Å². The number of hydrogen-bond donors (Lipinski definition) is 0. The lowest BCUT2D eigenvalue weighted by Crippen LogP contribution is -2.34. The van der Waals surface area contributed by atoms with Crippen LogP contribution in [0.5, 0.6) is 0 Å². The molecular formula is C13H15FN2O3. The molecule has 1 amide bonds. The van der Waals surface area contributed by atoms with Gasteiger partial charge in [-0.05, 0) is 24.8 Å². The lowest BCUT2D eigenvalue weighted by atomic mass is 9.85. The first-order valence-electron chi connectivity index (χ1n) is 6.18. The van der Waals surface area contributed by atoms with E-state index < -0.39 is 16.6 Å². The Morgan fingerprint density at radius 1 is 1.53 bits per heavy atom. The molecule has 0 spiro atoms. The third-order valence-corrected chi connectivity index (χ3v) is 3.49. The minimum Gasteiger partial charge on any atom is -0.341 e. The van der Waals surface area contributed by atoms with Gasteiger partial charge in [0.1, 0.15) is 5.82 Å². The van der Waals surface area contributed by atoms with Crippen LogP contribution >= 0.6 is 0 Å². The van der Waals surface area contributed by atoms with Crippen LogP contribution in [0.4, 0.5) is 10.1 Å². The third-order valence-electron chi connectivity index (χ3n) is 3.49. The van der Waals surface area contributed by atoms with Crippen molar-refractivity contribution >= 4 is 11.6 Å². The van der Waals surface area contributed by atoms with Gasteiger partial charge < -0.3 is 4.90 Å². The predicted molar refractivity (Wildman–Crippen MR) is 67.4 cm³/mol. The van der Waals surface area contributed by atoms with Crippen molar-refractivity contribution in [3.05, 3.63) is 39.7 Å². The molecule has 2 rings (SSSR count). The average Bonchev–Trinajstić information content (AvgIpc) is 2.33. The van der Waals surface area contributed by atoms with Gasteiger partial charge in [-0.15, -0.1) is 0 Å². The maximum absolute atomic E-state index is 13.6. The topological polar surface area (TPSA) is 63.5 Å². The van der Waals surface area contributed by atoms with Crippen LogP contribution in [-0.4, -0.2) is 29.3 Å². The van der Waals surface area contributed by atoms with Gasteiger partial charge in [0, 0.05) is 25.7 Å². The number of carbonyl (C=O) groups excluding carboxylic acids is 1. The quantitative estimate of drug-likeness (QED) is 0.621. The van der Waals surface area contributed by atoms with E-state index in [-0.39, 0.29) is 11.3 Å². The van der Waals surface area contributed by atoms with Crippen molar-refractivity contribution in [1.82, 2.24) is 4.90 Å². The number of non-ortho nitro benzene ring substituents is 1. The average molecular weight is 266 g/mol. The lowest BCUT2D eigenvalue weighted by Gasteiger charge is -2.30. The summed E-state index contributed by atoms with van der Waals surface area (Å²) in [4.78, 5) is 23.5. The van der Waals surface area contributed by atoms with E-state index in [1.165, 1.54) is 4.90 Å². The molecule has 0 bridgehead atoms. The minimum absolute atomic E-state index is 0.240. The molecule has 102 valence electrons. The van der Waals surface area contributed by atoms with Crippen molar-refractivity contribution in [3.63, 3.8) is 0 Å². The Labute approximate surface area is 110 Å². The Morgan fingerprint density at radius 2 is 2.21 bits per heavy atom. The summed E-state index contributed by atoms with van der Waals surface area (Å²) in [5.74, 6) is -0.764. The molecule has 0 N–H and O–H groups in total. The van der Waals surface area contributed by atoms with Crippen molar-refractivity contribution < 1.29 is 14.1 Å². The summed E-state index contributed by atoms with van der Waals surface area (Å²) in [5, 5.41) is 10.6. The number of hydrogen-bond acceptors (Lipinski definition) is 3. The van der Waals surface area contributed by atoms with Crippen LogP contribution in [0.15, 0.2) is 18.2 Å². The summed E-state index contributed by atoms with van der Waals surface area (Å²) in [5.41, 5.74) is -0.516. The molecule has 5 nitrogen and oxygen atoms in total. The zero-order chi connectivity index (χ0) is 14.0. The normalized spacial score (nSPS) is 14.8. The molecule has 0 aliphatic heterocycles. The Morgan fingerprint density at radius 3 is 2.74 bits per heavy atom. The third kappa shape index (κ3) is 2.89. The van der Waals surface area contributed by atoms with E-state index in [1.807, 2.05) is 0 Å². The van der Waals surface area contributed by atoms with Gasteiger partial charge in [-0.2, -0.15) is 0 Å². The van der Waals surface area contributed by atoms with Gasteiger partial charge in [0.05, 0.1) is 10.5 Å². The zero-order valence-corrected chi connectivity index (χ0v) is 10.6. The number of halogens is 1. The first kappa shape index (κ1) is 13.5. The van der Waals surface area contributed by atoms with Crippen LogP contribution in [0.3, 0.4) is 0 Å². The Kier molecular flexibility index (Phi) is 3.78. The van der Waals surface area contributed by atoms with Crippen molar-refractivity contribution in [2.75, 3.05) is 13.6 Å². The fraction of sp³-hybridized carbons (Fsp3) is 0.462. The fourth-order valence-corrected chi connectivity index (χ4v) is 2.14. The molecule has 1 saturated carbocycles. The van der Waals surface area contributed by atoms with E-state index in [9.17, 15) is 19.3 Å². The highest BCUT2D eigenvalue weighted by Gasteiger charge is 2.24. The summed E-state index contributed by atoms with van der Waals surface area (Å²) in [6.45, 7) is 0.570. The highest BCUT2D eigenvalue weighted by Crippen LogP contribution is 2.27. The standard InChI is InChI=1S/C13H15FN2O3/c1-15(8-9-3-2-4-9)13(17)11-7-10(16(18)19)5-6-12(11)14/h5-7,9H,2-4,8H2,1H3. The molecule has 1 aromatic carbocycles. The number of carbonyl (C=O) groups is 1. The number of rotatable bonds is 4. The van der Waals surface area contributed by atoms with Crippen LogP contribution < -0.4 is 0 Å². The maximum atomic E-state index is 13.6. The summed E-state index contributed by atoms with van der Waals surface area (Å²) in [7, 11) is 1.60. The first-order valence-corrected chi connectivity index (χ1v) is 6.18. The van der Waals surface area contributed by atoms with Gasteiger partial charge in [-0.1, -0.05) is 6.42 Å². The second-order valence-corrected chi connectivity index (χ2v) is 4.90. The van der Waals surface area contributed by atoms with Gasteiger partial charge in [0.15, 0.2) is 0 Å². The zero-order valence-electron chi connectivity index (χ0n) is 10.6. The Hall–Kier alpha value is -1.98. The van der Waals surface area contributed by atoms with Crippen LogP contribution in [0.1, 0.15) is 29.6 Å². The number of nitrogens with zero attached hydrogens (tertiary/aromatic N) is 2. The number of nitro benzene ring substituents is 1. The molecule has 6 heteroatoms. The number of nitro groups is 1. The van der Waals surface area contributed by atoms with E-state index in [0.717, 1.165) is 37.5 Å². The van der Waals surface area contributed by atoms with Crippen LogP contribution in [0, 0.1) is 21.8 Å². The second kappa shape index (κ2) is 5.34. The molecule has 0 radical (unpaired) electrons. The van der Waals surface area contributed by atoms with E-state index in [0.29, 0.717) is 12.5 Å². The monoisotopic (exact) mass is 266 g/mol. The molecule has 1 aliphatic carbocycles.